The maximum atomic E-state index is 5.38. The number of para-hydroxylation sites is 1. The van der Waals surface area contributed by atoms with Crippen LogP contribution in [0.25, 0.3) is 10.9 Å². The molecule has 0 radical (unpaired) electrons. The second-order valence-electron chi connectivity index (χ2n) is 3.14. The number of benzene rings is 1. The van der Waals surface area contributed by atoms with Crippen LogP contribution in [-0.4, -0.2) is 18.7 Å². The molecule has 0 fully saturated rings. The first-order chi connectivity index (χ1) is 7.35. The van der Waals surface area contributed by atoms with Gasteiger partial charge in [0.15, 0.2) is 0 Å². The van der Waals surface area contributed by atoms with E-state index in [9.17, 15) is 0 Å². The van der Waals surface area contributed by atoms with Crippen LogP contribution in [0.15, 0.2) is 30.5 Å². The molecule has 2 rings (SSSR count). The molecule has 1 heterocycles. The van der Waals surface area contributed by atoms with Gasteiger partial charge in [-0.1, -0.05) is 12.1 Å². The fraction of sp³-hybridized carbons (Fsp3) is 0.250. The van der Waals surface area contributed by atoms with Crippen LogP contribution in [0.5, 0.6) is 11.5 Å². The molecule has 3 nitrogen and oxygen atoms in total. The molecule has 0 aliphatic rings. The predicted molar refractivity (Wildman–Crippen MR) is 59.5 cm³/mol. The molecule has 1 aromatic heterocycles. The van der Waals surface area contributed by atoms with Crippen molar-refractivity contribution in [2.75, 3.05) is 13.7 Å². The molecule has 15 heavy (non-hydrogen) atoms. The quantitative estimate of drug-likeness (QED) is 0.768. The molecular formula is C12H13NO2. The number of methoxy groups -OCH3 is 1. The van der Waals surface area contributed by atoms with Crippen molar-refractivity contribution in [1.29, 1.82) is 0 Å². The minimum atomic E-state index is 0.650. The Morgan fingerprint density at radius 1 is 1.33 bits per heavy atom. The van der Waals surface area contributed by atoms with Crippen LogP contribution in [0.3, 0.4) is 0 Å². The minimum Gasteiger partial charge on any atom is -0.494 e. The van der Waals surface area contributed by atoms with Crippen LogP contribution in [-0.2, 0) is 0 Å². The van der Waals surface area contributed by atoms with E-state index in [4.69, 9.17) is 9.47 Å². The van der Waals surface area contributed by atoms with Gasteiger partial charge >= 0.3 is 0 Å². The van der Waals surface area contributed by atoms with Crippen molar-refractivity contribution in [1.82, 2.24) is 4.98 Å². The summed E-state index contributed by atoms with van der Waals surface area (Å²) in [5.74, 6) is 1.58. The van der Waals surface area contributed by atoms with E-state index in [2.05, 4.69) is 4.98 Å². The molecule has 78 valence electrons. The van der Waals surface area contributed by atoms with Gasteiger partial charge in [0, 0.05) is 5.39 Å². The van der Waals surface area contributed by atoms with Crippen LogP contribution in [0, 0.1) is 0 Å². The van der Waals surface area contributed by atoms with Gasteiger partial charge in [0.05, 0.1) is 19.9 Å². The van der Waals surface area contributed by atoms with Crippen molar-refractivity contribution >= 4 is 10.9 Å². The lowest BCUT2D eigenvalue weighted by Crippen LogP contribution is -1.93. The molecule has 0 saturated carbocycles. The number of aromatic nitrogens is 1. The van der Waals surface area contributed by atoms with E-state index in [1.165, 1.54) is 0 Å². The van der Waals surface area contributed by atoms with E-state index in [0.717, 1.165) is 22.4 Å². The first-order valence-corrected chi connectivity index (χ1v) is 4.90. The summed E-state index contributed by atoms with van der Waals surface area (Å²) >= 11 is 0. The predicted octanol–water partition coefficient (Wildman–Crippen LogP) is 2.64. The van der Waals surface area contributed by atoms with Gasteiger partial charge in [-0.15, -0.1) is 0 Å². The lowest BCUT2D eigenvalue weighted by molar-refractivity contribution is 0.339. The summed E-state index contributed by atoms with van der Waals surface area (Å²) in [5, 5.41) is 1.03. The van der Waals surface area contributed by atoms with E-state index in [-0.39, 0.29) is 0 Å². The first kappa shape index (κ1) is 9.77. The van der Waals surface area contributed by atoms with Crippen molar-refractivity contribution in [2.45, 2.75) is 6.92 Å². The monoisotopic (exact) mass is 203 g/mol. The first-order valence-electron chi connectivity index (χ1n) is 4.90. The fourth-order valence-electron chi connectivity index (χ4n) is 1.52. The summed E-state index contributed by atoms with van der Waals surface area (Å²) in [6, 6.07) is 7.80. The maximum absolute atomic E-state index is 5.38. The van der Waals surface area contributed by atoms with Gasteiger partial charge in [0.25, 0.3) is 0 Å². The van der Waals surface area contributed by atoms with Gasteiger partial charge in [-0.2, -0.15) is 0 Å². The van der Waals surface area contributed by atoms with Crippen molar-refractivity contribution in [3.8, 4) is 11.5 Å². The Bertz CT molecular complexity index is 468. The average molecular weight is 203 g/mol. The second-order valence-corrected chi connectivity index (χ2v) is 3.14. The number of ether oxygens (including phenoxy) is 2. The third-order valence-electron chi connectivity index (χ3n) is 2.18. The molecule has 0 unspecified atom stereocenters. The molecule has 1 aromatic carbocycles. The Morgan fingerprint density at radius 2 is 2.20 bits per heavy atom. The van der Waals surface area contributed by atoms with Gasteiger partial charge in [0.2, 0.25) is 0 Å². The lowest BCUT2D eigenvalue weighted by Gasteiger charge is -2.06. The van der Waals surface area contributed by atoms with Crippen molar-refractivity contribution in [3.63, 3.8) is 0 Å². The molecule has 0 saturated heterocycles. The Balaban J connectivity index is 2.53. The molecular weight excluding hydrogens is 190 g/mol. The van der Waals surface area contributed by atoms with Crippen LogP contribution in [0.2, 0.25) is 0 Å². The van der Waals surface area contributed by atoms with Crippen molar-refractivity contribution in [3.05, 3.63) is 30.5 Å². The summed E-state index contributed by atoms with van der Waals surface area (Å²) < 4.78 is 10.6. The number of hydrogen-bond acceptors (Lipinski definition) is 3. The average Bonchev–Trinajstić information content (AvgIpc) is 2.28. The number of rotatable bonds is 3. The summed E-state index contributed by atoms with van der Waals surface area (Å²) in [7, 11) is 1.65. The zero-order valence-electron chi connectivity index (χ0n) is 8.86. The molecule has 0 aliphatic carbocycles. The summed E-state index contributed by atoms with van der Waals surface area (Å²) in [5.41, 5.74) is 0.864. The molecule has 2 aromatic rings. The highest BCUT2D eigenvalue weighted by atomic mass is 16.5. The third kappa shape index (κ3) is 1.86. The van der Waals surface area contributed by atoms with Crippen LogP contribution >= 0.6 is 0 Å². The minimum absolute atomic E-state index is 0.650. The highest BCUT2D eigenvalue weighted by molar-refractivity contribution is 5.85. The van der Waals surface area contributed by atoms with Crippen LogP contribution in [0.4, 0.5) is 0 Å². The van der Waals surface area contributed by atoms with Crippen molar-refractivity contribution in [2.24, 2.45) is 0 Å². The third-order valence-corrected chi connectivity index (χ3v) is 2.18. The SMILES string of the molecule is CCOc1cnc2c(OC)cccc2c1. The van der Waals surface area contributed by atoms with E-state index in [1.807, 2.05) is 31.2 Å². The van der Waals surface area contributed by atoms with E-state index in [0.29, 0.717) is 6.61 Å². The summed E-state index contributed by atoms with van der Waals surface area (Å²) in [6.07, 6.45) is 1.72. The van der Waals surface area contributed by atoms with Gasteiger partial charge in [-0.05, 0) is 19.1 Å². The largest absolute Gasteiger partial charge is 0.494 e. The Hall–Kier alpha value is -1.77. The van der Waals surface area contributed by atoms with E-state index < -0.39 is 0 Å². The Kier molecular flexibility index (Phi) is 2.72. The molecule has 0 spiro atoms. The summed E-state index contributed by atoms with van der Waals surface area (Å²) in [4.78, 5) is 4.32. The summed E-state index contributed by atoms with van der Waals surface area (Å²) in [6.45, 7) is 2.60. The van der Waals surface area contributed by atoms with Crippen LogP contribution < -0.4 is 9.47 Å². The molecule has 0 aliphatic heterocycles. The molecule has 3 heteroatoms. The molecule has 0 bridgehead atoms. The second kappa shape index (κ2) is 4.17. The number of nitrogens with zero attached hydrogens (tertiary/aromatic N) is 1. The maximum Gasteiger partial charge on any atom is 0.145 e. The molecule has 0 atom stereocenters. The lowest BCUT2D eigenvalue weighted by atomic mass is 10.2. The Labute approximate surface area is 88.7 Å². The highest BCUT2D eigenvalue weighted by Gasteiger charge is 2.03. The highest BCUT2D eigenvalue weighted by Crippen LogP contribution is 2.25. The van der Waals surface area contributed by atoms with Crippen molar-refractivity contribution < 1.29 is 9.47 Å². The van der Waals surface area contributed by atoms with Gasteiger partial charge in [-0.25, -0.2) is 4.98 Å². The van der Waals surface area contributed by atoms with E-state index in [1.54, 1.807) is 13.3 Å². The zero-order valence-corrected chi connectivity index (χ0v) is 8.86. The standard InChI is InChI=1S/C12H13NO2/c1-3-15-10-7-9-5-4-6-11(14-2)12(9)13-8-10/h4-8H,3H2,1-2H3. The van der Waals surface area contributed by atoms with E-state index >= 15 is 0 Å². The topological polar surface area (TPSA) is 31.4 Å². The van der Waals surface area contributed by atoms with Gasteiger partial charge in [-0.3, -0.25) is 0 Å². The number of hydrogen-bond donors (Lipinski definition) is 0. The van der Waals surface area contributed by atoms with Gasteiger partial charge in [0.1, 0.15) is 17.0 Å². The Morgan fingerprint density at radius 3 is 2.93 bits per heavy atom. The number of pyridine rings is 1. The normalized spacial score (nSPS) is 10.3. The molecule has 0 amide bonds. The number of fused-ring (bicyclic) bond motifs is 1. The zero-order chi connectivity index (χ0) is 10.7. The van der Waals surface area contributed by atoms with Gasteiger partial charge < -0.3 is 9.47 Å². The van der Waals surface area contributed by atoms with Crippen LogP contribution in [0.1, 0.15) is 6.92 Å². The molecule has 0 N–H and O–H groups in total. The smallest absolute Gasteiger partial charge is 0.145 e. The fourth-order valence-corrected chi connectivity index (χ4v) is 1.52.